The van der Waals surface area contributed by atoms with Crippen LogP contribution in [0.1, 0.15) is 30.0 Å². The molecule has 11 heteroatoms. The molecule has 0 bridgehead atoms. The molecule has 3 aromatic carbocycles. The van der Waals surface area contributed by atoms with Crippen LogP contribution in [0.15, 0.2) is 65.6 Å². The van der Waals surface area contributed by atoms with Gasteiger partial charge in [0.15, 0.2) is 0 Å². The van der Waals surface area contributed by atoms with Crippen LogP contribution in [-0.4, -0.2) is 44.8 Å². The zero-order valence-electron chi connectivity index (χ0n) is 22.0. The van der Waals surface area contributed by atoms with Crippen LogP contribution >= 0.6 is 34.8 Å². The van der Waals surface area contributed by atoms with Crippen molar-refractivity contribution in [1.29, 1.82) is 0 Å². The zero-order chi connectivity index (χ0) is 28.9. The van der Waals surface area contributed by atoms with Gasteiger partial charge in [-0.2, -0.15) is 0 Å². The smallest absolute Gasteiger partial charge is 0.264 e. The van der Waals surface area contributed by atoms with E-state index in [-0.39, 0.29) is 17.9 Å². The number of benzene rings is 3. The summed E-state index contributed by atoms with van der Waals surface area (Å²) >= 11 is 18.8. The second kappa shape index (κ2) is 13.0. The number of likely N-dealkylation sites (N-methyl/N-ethyl adjacent to an activating group) is 1. The fourth-order valence-corrected chi connectivity index (χ4v) is 6.13. The van der Waals surface area contributed by atoms with Crippen molar-refractivity contribution in [1.82, 2.24) is 10.2 Å². The van der Waals surface area contributed by atoms with Crippen LogP contribution in [0.25, 0.3) is 0 Å². The van der Waals surface area contributed by atoms with Crippen LogP contribution in [0.2, 0.25) is 15.1 Å². The van der Waals surface area contributed by atoms with E-state index in [1.165, 1.54) is 36.2 Å². The molecule has 2 amide bonds. The van der Waals surface area contributed by atoms with Crippen LogP contribution in [0, 0.1) is 13.8 Å². The second-order valence-corrected chi connectivity index (χ2v) is 12.1. The second-order valence-electron chi connectivity index (χ2n) is 8.99. The maximum absolute atomic E-state index is 14.0. The number of nitrogens with one attached hydrogen (secondary N) is 1. The van der Waals surface area contributed by atoms with Crippen molar-refractivity contribution in [3.05, 3.63) is 92.4 Å². The van der Waals surface area contributed by atoms with Crippen LogP contribution in [0.5, 0.6) is 0 Å². The first-order valence-electron chi connectivity index (χ1n) is 12.2. The molecule has 3 rings (SSSR count). The normalized spacial score (nSPS) is 12.1. The average Bonchev–Trinajstić information content (AvgIpc) is 2.90. The van der Waals surface area contributed by atoms with Crippen molar-refractivity contribution >= 4 is 62.3 Å². The first kappa shape index (κ1) is 30.8. The zero-order valence-corrected chi connectivity index (χ0v) is 25.1. The molecule has 0 aliphatic rings. The predicted octanol–water partition coefficient (Wildman–Crippen LogP) is 6.01. The van der Waals surface area contributed by atoms with Crippen LogP contribution in [0.4, 0.5) is 5.69 Å². The minimum Gasteiger partial charge on any atom is -0.357 e. The van der Waals surface area contributed by atoms with Gasteiger partial charge in [-0.3, -0.25) is 13.9 Å². The van der Waals surface area contributed by atoms with Gasteiger partial charge in [0.05, 0.1) is 10.6 Å². The molecule has 0 saturated heterocycles. The standard InChI is InChI=1S/C28H30Cl3N3O4S/c1-5-26(28(36)32-4)33(16-23-24(30)7-6-8-25(23)31)27(35)17-34(21-12-9-18(2)19(3)15-21)39(37,38)22-13-10-20(29)11-14-22/h6-15,26H,5,16-17H2,1-4H3,(H,32,36)/t26-/m0/s1. The molecule has 0 aromatic heterocycles. The number of carbonyl (C=O) groups is 2. The van der Waals surface area contributed by atoms with Crippen LogP contribution in [-0.2, 0) is 26.2 Å². The Hall–Kier alpha value is -2.78. The molecule has 1 atom stereocenters. The molecule has 0 heterocycles. The number of rotatable bonds is 10. The summed E-state index contributed by atoms with van der Waals surface area (Å²) in [5.74, 6) is -0.996. The molecule has 0 aliphatic heterocycles. The van der Waals surface area contributed by atoms with Crippen molar-refractivity contribution < 1.29 is 18.0 Å². The van der Waals surface area contributed by atoms with Gasteiger partial charge in [0.25, 0.3) is 10.0 Å². The number of aryl methyl sites for hydroxylation is 2. The number of halogens is 3. The van der Waals surface area contributed by atoms with Gasteiger partial charge in [0, 0.05) is 34.2 Å². The fraction of sp³-hybridized carbons (Fsp3) is 0.286. The molecule has 0 radical (unpaired) electrons. The minimum absolute atomic E-state index is 0.0306. The van der Waals surface area contributed by atoms with E-state index >= 15 is 0 Å². The highest BCUT2D eigenvalue weighted by molar-refractivity contribution is 7.92. The van der Waals surface area contributed by atoms with Gasteiger partial charge in [0.2, 0.25) is 11.8 Å². The lowest BCUT2D eigenvalue weighted by molar-refractivity contribution is -0.140. The van der Waals surface area contributed by atoms with E-state index in [1.807, 2.05) is 13.8 Å². The van der Waals surface area contributed by atoms with E-state index in [2.05, 4.69) is 5.32 Å². The Morgan fingerprint density at radius 2 is 1.54 bits per heavy atom. The van der Waals surface area contributed by atoms with Gasteiger partial charge in [-0.15, -0.1) is 0 Å². The maximum atomic E-state index is 14.0. The van der Waals surface area contributed by atoms with E-state index < -0.39 is 34.4 Å². The lowest BCUT2D eigenvalue weighted by Crippen LogP contribution is -2.51. The number of amides is 2. The molecule has 0 fully saturated rings. The summed E-state index contributed by atoms with van der Waals surface area (Å²) in [7, 11) is -2.73. The summed E-state index contributed by atoms with van der Waals surface area (Å²) in [5.41, 5.74) is 2.59. The third-order valence-corrected chi connectivity index (χ3v) is 9.23. The van der Waals surface area contributed by atoms with Crippen LogP contribution < -0.4 is 9.62 Å². The van der Waals surface area contributed by atoms with Crippen LogP contribution in [0.3, 0.4) is 0 Å². The van der Waals surface area contributed by atoms with Gasteiger partial charge in [-0.1, -0.05) is 53.9 Å². The number of anilines is 1. The molecule has 208 valence electrons. The van der Waals surface area contributed by atoms with Gasteiger partial charge in [-0.25, -0.2) is 8.42 Å². The molecule has 0 unspecified atom stereocenters. The van der Waals surface area contributed by atoms with E-state index in [9.17, 15) is 18.0 Å². The van der Waals surface area contributed by atoms with Crippen molar-refractivity contribution in [3.63, 3.8) is 0 Å². The Kier molecular flexibility index (Phi) is 10.3. The number of hydrogen-bond acceptors (Lipinski definition) is 4. The minimum atomic E-state index is -4.20. The third kappa shape index (κ3) is 7.06. The number of hydrogen-bond donors (Lipinski definition) is 1. The fourth-order valence-electron chi connectivity index (χ4n) is 4.08. The number of carbonyl (C=O) groups excluding carboxylic acids is 2. The van der Waals surface area contributed by atoms with E-state index in [4.69, 9.17) is 34.8 Å². The molecular formula is C28H30Cl3N3O4S. The van der Waals surface area contributed by atoms with Crippen molar-refractivity contribution in [2.45, 2.75) is 44.7 Å². The summed E-state index contributed by atoms with van der Waals surface area (Å²) in [4.78, 5) is 28.1. The molecule has 7 nitrogen and oxygen atoms in total. The highest BCUT2D eigenvalue weighted by Crippen LogP contribution is 2.29. The molecule has 0 saturated carbocycles. The SMILES string of the molecule is CC[C@@H](C(=O)NC)N(Cc1c(Cl)cccc1Cl)C(=O)CN(c1ccc(C)c(C)c1)S(=O)(=O)c1ccc(Cl)cc1. The van der Waals surface area contributed by atoms with Crippen molar-refractivity contribution in [3.8, 4) is 0 Å². The Bertz CT molecular complexity index is 1440. The monoisotopic (exact) mass is 609 g/mol. The van der Waals surface area contributed by atoms with Gasteiger partial charge in [-0.05, 0) is 79.9 Å². The summed E-state index contributed by atoms with van der Waals surface area (Å²) in [6, 6.07) is 14.9. The Labute approximate surface area is 244 Å². The van der Waals surface area contributed by atoms with E-state index in [1.54, 1.807) is 43.3 Å². The first-order valence-corrected chi connectivity index (χ1v) is 14.8. The summed E-state index contributed by atoms with van der Waals surface area (Å²) < 4.78 is 28.8. The predicted molar refractivity (Wildman–Crippen MR) is 157 cm³/mol. The molecule has 1 N–H and O–H groups in total. The van der Waals surface area contributed by atoms with E-state index in [0.717, 1.165) is 15.4 Å². The summed E-state index contributed by atoms with van der Waals surface area (Å²) in [6.07, 6.45) is 0.279. The Morgan fingerprint density at radius 3 is 2.08 bits per heavy atom. The quantitative estimate of drug-likeness (QED) is 0.305. The highest BCUT2D eigenvalue weighted by atomic mass is 35.5. The first-order chi connectivity index (χ1) is 18.4. The molecule has 3 aromatic rings. The average molecular weight is 611 g/mol. The maximum Gasteiger partial charge on any atom is 0.264 e. The van der Waals surface area contributed by atoms with Gasteiger partial charge < -0.3 is 10.2 Å². The van der Waals surface area contributed by atoms with Crippen molar-refractivity contribution in [2.24, 2.45) is 0 Å². The lowest BCUT2D eigenvalue weighted by atomic mass is 10.1. The largest absolute Gasteiger partial charge is 0.357 e. The van der Waals surface area contributed by atoms with Gasteiger partial charge in [0.1, 0.15) is 12.6 Å². The topological polar surface area (TPSA) is 86.8 Å². The molecule has 0 aliphatic carbocycles. The number of sulfonamides is 1. The highest BCUT2D eigenvalue weighted by Gasteiger charge is 2.34. The third-order valence-electron chi connectivity index (χ3n) is 6.48. The van der Waals surface area contributed by atoms with Gasteiger partial charge >= 0.3 is 0 Å². The lowest BCUT2D eigenvalue weighted by Gasteiger charge is -2.33. The molecule has 0 spiro atoms. The summed E-state index contributed by atoms with van der Waals surface area (Å²) in [6.45, 7) is 4.87. The number of nitrogens with zero attached hydrogens (tertiary/aromatic N) is 2. The Balaban J connectivity index is 2.12. The Morgan fingerprint density at radius 1 is 0.923 bits per heavy atom. The summed E-state index contributed by atoms with van der Waals surface area (Å²) in [5, 5.41) is 3.61. The molecule has 39 heavy (non-hydrogen) atoms. The van der Waals surface area contributed by atoms with E-state index in [0.29, 0.717) is 26.3 Å². The van der Waals surface area contributed by atoms with Crippen molar-refractivity contribution in [2.75, 3.05) is 17.9 Å². The molecular weight excluding hydrogens is 581 g/mol.